The van der Waals surface area contributed by atoms with Gasteiger partial charge in [0.25, 0.3) is 0 Å². The van der Waals surface area contributed by atoms with Crippen LogP contribution in [0.5, 0.6) is 5.88 Å². The van der Waals surface area contributed by atoms with Gasteiger partial charge < -0.3 is 10.5 Å². The average Bonchev–Trinajstić information content (AvgIpc) is 2.05. The third-order valence-electron chi connectivity index (χ3n) is 1.28. The summed E-state index contributed by atoms with van der Waals surface area (Å²) < 4.78 is 4.83. The van der Waals surface area contributed by atoms with E-state index in [1.165, 1.54) is 19.7 Å². The van der Waals surface area contributed by atoms with E-state index in [4.69, 9.17) is 10.5 Å². The maximum absolute atomic E-state index is 10.4. The Hall–Kier alpha value is -1.58. The van der Waals surface area contributed by atoms with E-state index < -0.39 is 5.91 Å². The van der Waals surface area contributed by atoms with E-state index in [1.807, 2.05) is 0 Å². The van der Waals surface area contributed by atoms with Crippen molar-refractivity contribution < 1.29 is 9.53 Å². The molecule has 0 saturated carbocycles. The van der Waals surface area contributed by atoms with E-state index in [-0.39, 0.29) is 0 Å². The van der Waals surface area contributed by atoms with Gasteiger partial charge >= 0.3 is 0 Å². The van der Waals surface area contributed by atoms with Crippen LogP contribution < -0.4 is 10.5 Å². The Morgan fingerprint density at radius 2 is 2.42 bits per heavy atom. The lowest BCUT2D eigenvalue weighted by Gasteiger charge is -1.98. The maximum atomic E-state index is 10.4. The van der Waals surface area contributed by atoms with Crippen molar-refractivity contribution in [2.75, 3.05) is 7.11 Å². The molecule has 1 heterocycles. The highest BCUT2D eigenvalue weighted by Gasteiger charge is 1.99. The molecule has 1 rings (SSSR count). The van der Waals surface area contributed by atoms with Crippen LogP contribution in [0.4, 0.5) is 0 Å². The summed E-state index contributed by atoms with van der Waals surface area (Å²) in [6, 6.07) is 3.37. The molecule has 4 heteroatoms. The normalized spacial score (nSPS) is 9.42. The van der Waals surface area contributed by atoms with Gasteiger partial charge in [-0.25, -0.2) is 4.98 Å². The first-order chi connectivity index (χ1) is 5.72. The van der Waals surface area contributed by atoms with Gasteiger partial charge in [0.2, 0.25) is 11.8 Å². The van der Waals surface area contributed by atoms with E-state index in [1.54, 1.807) is 12.1 Å². The first kappa shape index (κ1) is 8.52. The van der Waals surface area contributed by atoms with Crippen molar-refractivity contribution in [1.29, 1.82) is 0 Å². The van der Waals surface area contributed by atoms with Gasteiger partial charge in [-0.3, -0.25) is 4.79 Å². The van der Waals surface area contributed by atoms with Gasteiger partial charge in [-0.2, -0.15) is 0 Å². The predicted molar refractivity (Wildman–Crippen MR) is 43.4 cm³/mol. The molecule has 1 amide bonds. The molecule has 1 radical (unpaired) electrons. The molecule has 0 saturated heterocycles. The van der Waals surface area contributed by atoms with E-state index in [9.17, 15) is 4.79 Å². The number of primary amides is 1. The molecule has 0 bridgehead atoms. The van der Waals surface area contributed by atoms with Gasteiger partial charge in [0.15, 0.2) is 0 Å². The third kappa shape index (κ3) is 2.23. The summed E-state index contributed by atoms with van der Waals surface area (Å²) in [5.74, 6) is 0.0265. The maximum Gasteiger partial charge on any atom is 0.226 e. The zero-order chi connectivity index (χ0) is 8.97. The molecule has 4 nitrogen and oxygen atoms in total. The number of nitrogens with zero attached hydrogens (tertiary/aromatic N) is 1. The molecule has 2 N–H and O–H groups in total. The quantitative estimate of drug-likeness (QED) is 0.692. The van der Waals surface area contributed by atoms with Crippen LogP contribution in [0.15, 0.2) is 18.3 Å². The molecule has 0 aliphatic carbocycles. The van der Waals surface area contributed by atoms with Crippen LogP contribution in [-0.2, 0) is 4.79 Å². The van der Waals surface area contributed by atoms with Crippen LogP contribution in [-0.4, -0.2) is 18.0 Å². The SMILES string of the molecule is COc1ccc([CH]C(N)=O)cn1. The Bertz CT molecular complexity index is 269. The molecule has 1 aromatic rings. The van der Waals surface area contributed by atoms with Crippen molar-refractivity contribution in [3.8, 4) is 5.88 Å². The van der Waals surface area contributed by atoms with Crippen molar-refractivity contribution >= 4 is 5.91 Å². The molecule has 0 spiro atoms. The number of ether oxygens (including phenoxy) is 1. The van der Waals surface area contributed by atoms with Gasteiger partial charge in [-0.15, -0.1) is 0 Å². The molecule has 0 aliphatic heterocycles. The molecule has 0 aliphatic rings. The van der Waals surface area contributed by atoms with Gasteiger partial charge in [0.1, 0.15) is 0 Å². The molecule has 0 aromatic carbocycles. The number of nitrogens with two attached hydrogens (primary N) is 1. The Balaban J connectivity index is 2.71. The number of methoxy groups -OCH3 is 1. The molecular weight excluding hydrogens is 156 g/mol. The summed E-state index contributed by atoms with van der Waals surface area (Å²) in [7, 11) is 1.53. The van der Waals surface area contributed by atoms with Crippen molar-refractivity contribution in [3.05, 3.63) is 30.3 Å². The largest absolute Gasteiger partial charge is 0.481 e. The second-order valence-electron chi connectivity index (χ2n) is 2.18. The standard InChI is InChI=1S/C8H9N2O2/c1-12-8-3-2-6(5-10-8)4-7(9)11/h2-5H,1H3,(H2,9,11). The molecule has 12 heavy (non-hydrogen) atoms. The van der Waals surface area contributed by atoms with Crippen LogP contribution in [0.1, 0.15) is 5.56 Å². The molecule has 1 aromatic heterocycles. The number of pyridine rings is 1. The minimum atomic E-state index is -0.484. The Morgan fingerprint density at radius 3 is 2.83 bits per heavy atom. The molecule has 0 fully saturated rings. The van der Waals surface area contributed by atoms with Crippen molar-refractivity contribution in [1.82, 2.24) is 4.98 Å². The number of hydrogen-bond acceptors (Lipinski definition) is 3. The van der Waals surface area contributed by atoms with Crippen LogP contribution in [0, 0.1) is 6.42 Å². The lowest BCUT2D eigenvalue weighted by molar-refractivity contribution is -0.114. The Kier molecular flexibility index (Phi) is 2.63. The zero-order valence-electron chi connectivity index (χ0n) is 6.65. The highest BCUT2D eigenvalue weighted by atomic mass is 16.5. The summed E-state index contributed by atoms with van der Waals surface area (Å²) >= 11 is 0. The van der Waals surface area contributed by atoms with Crippen LogP contribution >= 0.6 is 0 Å². The minimum absolute atomic E-state index is 0.484. The lowest BCUT2D eigenvalue weighted by Crippen LogP contribution is -2.11. The van der Waals surface area contributed by atoms with Gasteiger partial charge in [0.05, 0.1) is 13.5 Å². The summed E-state index contributed by atoms with van der Waals surface area (Å²) in [6.07, 6.45) is 2.82. The number of hydrogen-bond donors (Lipinski definition) is 1. The predicted octanol–water partition coefficient (Wildman–Crippen LogP) is 0.128. The van der Waals surface area contributed by atoms with Crippen LogP contribution in [0.3, 0.4) is 0 Å². The lowest BCUT2D eigenvalue weighted by atomic mass is 10.2. The van der Waals surface area contributed by atoms with Crippen LogP contribution in [0.2, 0.25) is 0 Å². The van der Waals surface area contributed by atoms with Crippen LogP contribution in [0.25, 0.3) is 0 Å². The molecular formula is C8H9N2O2. The van der Waals surface area contributed by atoms with Gasteiger partial charge in [-0.1, -0.05) is 6.07 Å². The Morgan fingerprint density at radius 1 is 1.67 bits per heavy atom. The number of amides is 1. The minimum Gasteiger partial charge on any atom is -0.481 e. The summed E-state index contributed by atoms with van der Waals surface area (Å²) in [5, 5.41) is 0. The topological polar surface area (TPSA) is 65.2 Å². The highest BCUT2D eigenvalue weighted by molar-refractivity contribution is 5.86. The number of carbonyl (C=O) groups is 1. The van der Waals surface area contributed by atoms with E-state index >= 15 is 0 Å². The van der Waals surface area contributed by atoms with Gasteiger partial charge in [0, 0.05) is 12.3 Å². The average molecular weight is 165 g/mol. The van der Waals surface area contributed by atoms with Crippen molar-refractivity contribution in [2.24, 2.45) is 5.73 Å². The van der Waals surface area contributed by atoms with Crippen molar-refractivity contribution in [2.45, 2.75) is 0 Å². The zero-order valence-corrected chi connectivity index (χ0v) is 6.65. The molecule has 63 valence electrons. The Labute approximate surface area is 70.4 Å². The van der Waals surface area contributed by atoms with Gasteiger partial charge in [-0.05, 0) is 5.56 Å². The van der Waals surface area contributed by atoms with E-state index in [0.717, 1.165) is 0 Å². The summed E-state index contributed by atoms with van der Waals surface area (Å²) in [5.41, 5.74) is 5.61. The van der Waals surface area contributed by atoms with E-state index in [0.29, 0.717) is 11.4 Å². The fraction of sp³-hybridized carbons (Fsp3) is 0.125. The second-order valence-corrected chi connectivity index (χ2v) is 2.18. The fourth-order valence-electron chi connectivity index (χ4n) is 0.762. The van der Waals surface area contributed by atoms with Crippen molar-refractivity contribution in [3.63, 3.8) is 0 Å². The summed E-state index contributed by atoms with van der Waals surface area (Å²) in [4.78, 5) is 14.3. The summed E-state index contributed by atoms with van der Waals surface area (Å²) in [6.45, 7) is 0. The number of carbonyl (C=O) groups excluding carboxylic acids is 1. The van der Waals surface area contributed by atoms with E-state index in [2.05, 4.69) is 4.98 Å². The molecule has 0 unspecified atom stereocenters. The number of aromatic nitrogens is 1. The first-order valence-corrected chi connectivity index (χ1v) is 3.36. The number of rotatable bonds is 3. The second kappa shape index (κ2) is 3.71. The highest BCUT2D eigenvalue weighted by Crippen LogP contribution is 2.07. The smallest absolute Gasteiger partial charge is 0.226 e. The third-order valence-corrected chi connectivity index (χ3v) is 1.28. The molecule has 0 atom stereocenters. The first-order valence-electron chi connectivity index (χ1n) is 3.36. The monoisotopic (exact) mass is 165 g/mol. The fourth-order valence-corrected chi connectivity index (χ4v) is 0.762.